The summed E-state index contributed by atoms with van der Waals surface area (Å²) in [7, 11) is 0. The number of hydrogen-bond donors (Lipinski definition) is 1. The van der Waals surface area contributed by atoms with Gasteiger partial charge in [0.1, 0.15) is 0 Å². The highest BCUT2D eigenvalue weighted by molar-refractivity contribution is 5.63. The van der Waals surface area contributed by atoms with Crippen LogP contribution < -0.4 is 10.5 Å². The average Bonchev–Trinajstić information content (AvgIpc) is 3.16. The molecule has 0 spiro atoms. The predicted octanol–water partition coefficient (Wildman–Crippen LogP) is 2.44. The molecule has 0 unspecified atom stereocenters. The van der Waals surface area contributed by atoms with Gasteiger partial charge in [-0.25, -0.2) is 4.39 Å². The van der Waals surface area contributed by atoms with Gasteiger partial charge >= 0.3 is 0 Å². The number of hydrogen-bond acceptors (Lipinski definition) is 3. The van der Waals surface area contributed by atoms with Gasteiger partial charge in [0.25, 0.3) is 0 Å². The molecule has 1 aliphatic rings. The van der Waals surface area contributed by atoms with E-state index in [2.05, 4.69) is 5.10 Å². The fourth-order valence-electron chi connectivity index (χ4n) is 2.05. The molecule has 0 amide bonds. The van der Waals surface area contributed by atoms with E-state index in [1.165, 1.54) is 18.9 Å². The first kappa shape index (κ1) is 13.1. The van der Waals surface area contributed by atoms with Crippen LogP contribution in [0.2, 0.25) is 0 Å². The Hall–Kier alpha value is -1.88. The Morgan fingerprint density at radius 2 is 2.20 bits per heavy atom. The van der Waals surface area contributed by atoms with Gasteiger partial charge in [-0.1, -0.05) is 6.07 Å². The molecular formula is C15H18FN3O. The molecule has 0 aliphatic heterocycles. The van der Waals surface area contributed by atoms with Gasteiger partial charge in [0, 0.05) is 18.3 Å². The van der Waals surface area contributed by atoms with E-state index < -0.39 is 0 Å². The van der Waals surface area contributed by atoms with Gasteiger partial charge in [0.2, 0.25) is 0 Å². The summed E-state index contributed by atoms with van der Waals surface area (Å²) in [4.78, 5) is 0. The second-order valence-corrected chi connectivity index (χ2v) is 5.18. The molecule has 1 aliphatic carbocycles. The summed E-state index contributed by atoms with van der Waals surface area (Å²) in [6, 6.07) is 4.92. The van der Waals surface area contributed by atoms with Crippen molar-refractivity contribution in [2.45, 2.75) is 19.4 Å². The van der Waals surface area contributed by atoms with Crippen LogP contribution in [0.3, 0.4) is 0 Å². The smallest absolute Gasteiger partial charge is 0.165 e. The topological polar surface area (TPSA) is 53.1 Å². The van der Waals surface area contributed by atoms with Crippen LogP contribution in [0.15, 0.2) is 30.6 Å². The molecule has 0 bridgehead atoms. The van der Waals surface area contributed by atoms with E-state index in [4.69, 9.17) is 10.5 Å². The maximum Gasteiger partial charge on any atom is 0.165 e. The second-order valence-electron chi connectivity index (χ2n) is 5.18. The molecule has 1 fully saturated rings. The summed E-state index contributed by atoms with van der Waals surface area (Å²) in [5.74, 6) is 0.607. The number of benzene rings is 1. The van der Waals surface area contributed by atoms with E-state index in [0.717, 1.165) is 11.1 Å². The highest BCUT2D eigenvalue weighted by Crippen LogP contribution is 2.31. The van der Waals surface area contributed by atoms with Crippen LogP contribution in [-0.4, -0.2) is 22.9 Å². The minimum absolute atomic E-state index is 0.316. The first-order chi connectivity index (χ1) is 9.76. The third-order valence-electron chi connectivity index (χ3n) is 3.43. The van der Waals surface area contributed by atoms with Crippen LogP contribution in [0.1, 0.15) is 12.8 Å². The quantitative estimate of drug-likeness (QED) is 0.881. The predicted molar refractivity (Wildman–Crippen MR) is 74.9 cm³/mol. The van der Waals surface area contributed by atoms with Gasteiger partial charge < -0.3 is 10.5 Å². The van der Waals surface area contributed by atoms with E-state index in [1.54, 1.807) is 23.0 Å². The molecule has 4 nitrogen and oxygen atoms in total. The van der Waals surface area contributed by atoms with Crippen LogP contribution in [0, 0.1) is 11.7 Å². The van der Waals surface area contributed by atoms with E-state index >= 15 is 0 Å². The number of halogens is 1. The van der Waals surface area contributed by atoms with Crippen LogP contribution in [0.4, 0.5) is 4.39 Å². The van der Waals surface area contributed by atoms with E-state index in [1.807, 2.05) is 6.20 Å². The Morgan fingerprint density at radius 3 is 2.95 bits per heavy atom. The maximum absolute atomic E-state index is 13.7. The van der Waals surface area contributed by atoms with Crippen molar-refractivity contribution in [2.75, 3.05) is 13.2 Å². The molecule has 1 aromatic heterocycles. The lowest BCUT2D eigenvalue weighted by Crippen LogP contribution is -2.09. The Bertz CT molecular complexity index is 593. The van der Waals surface area contributed by atoms with Crippen LogP contribution in [0.5, 0.6) is 5.75 Å². The molecule has 1 saturated carbocycles. The normalized spacial score (nSPS) is 14.5. The molecule has 1 aromatic carbocycles. The van der Waals surface area contributed by atoms with Crippen molar-refractivity contribution in [2.24, 2.45) is 11.7 Å². The van der Waals surface area contributed by atoms with Crippen molar-refractivity contribution in [1.29, 1.82) is 0 Å². The van der Waals surface area contributed by atoms with Crippen LogP contribution in [0.25, 0.3) is 11.1 Å². The molecule has 0 radical (unpaired) electrons. The minimum atomic E-state index is -0.316. The van der Waals surface area contributed by atoms with E-state index in [9.17, 15) is 4.39 Å². The molecular weight excluding hydrogens is 257 g/mol. The van der Waals surface area contributed by atoms with Crippen molar-refractivity contribution >= 4 is 0 Å². The number of rotatable bonds is 6. The lowest BCUT2D eigenvalue weighted by atomic mass is 10.1. The van der Waals surface area contributed by atoms with Crippen LogP contribution in [-0.2, 0) is 6.54 Å². The zero-order valence-electron chi connectivity index (χ0n) is 11.3. The Morgan fingerprint density at radius 1 is 1.35 bits per heavy atom. The highest BCUT2D eigenvalue weighted by Gasteiger charge is 2.22. The second kappa shape index (κ2) is 5.63. The summed E-state index contributed by atoms with van der Waals surface area (Å²) in [5, 5.41) is 4.22. The van der Waals surface area contributed by atoms with Gasteiger partial charge in [-0.15, -0.1) is 0 Å². The minimum Gasteiger partial charge on any atom is -0.490 e. The van der Waals surface area contributed by atoms with Gasteiger partial charge in [0.15, 0.2) is 11.6 Å². The summed E-state index contributed by atoms with van der Waals surface area (Å²) >= 11 is 0. The first-order valence-corrected chi connectivity index (χ1v) is 6.91. The van der Waals surface area contributed by atoms with Crippen molar-refractivity contribution < 1.29 is 9.13 Å². The third-order valence-corrected chi connectivity index (χ3v) is 3.43. The average molecular weight is 275 g/mol. The molecule has 0 atom stereocenters. The highest BCUT2D eigenvalue weighted by atomic mass is 19.1. The van der Waals surface area contributed by atoms with Crippen molar-refractivity contribution in [1.82, 2.24) is 9.78 Å². The number of nitrogens with zero attached hydrogens (tertiary/aromatic N) is 2. The molecule has 106 valence electrons. The van der Waals surface area contributed by atoms with Gasteiger partial charge in [-0.3, -0.25) is 4.68 Å². The Labute approximate surface area is 117 Å². The Balaban J connectivity index is 1.78. The standard InChI is InChI=1S/C15H18FN3O/c16-14-4-3-12(7-15(14)20-10-11-1-2-11)13-8-18-19(9-13)6-5-17/h3-4,7-9,11H,1-2,5-6,10,17H2. The molecule has 1 heterocycles. The summed E-state index contributed by atoms with van der Waals surface area (Å²) in [6.45, 7) is 1.82. The number of ether oxygens (including phenoxy) is 1. The molecule has 0 saturated heterocycles. The monoisotopic (exact) mass is 275 g/mol. The van der Waals surface area contributed by atoms with Gasteiger partial charge in [-0.05, 0) is 36.5 Å². The lowest BCUT2D eigenvalue weighted by Gasteiger charge is -2.08. The molecule has 3 rings (SSSR count). The van der Waals surface area contributed by atoms with E-state index in [0.29, 0.717) is 31.4 Å². The third kappa shape index (κ3) is 2.99. The number of aromatic nitrogens is 2. The van der Waals surface area contributed by atoms with Gasteiger partial charge in [0.05, 0.1) is 19.3 Å². The largest absolute Gasteiger partial charge is 0.490 e. The van der Waals surface area contributed by atoms with Crippen molar-refractivity contribution in [3.63, 3.8) is 0 Å². The molecule has 2 aromatic rings. The lowest BCUT2D eigenvalue weighted by molar-refractivity contribution is 0.285. The zero-order valence-corrected chi connectivity index (χ0v) is 11.3. The Kier molecular flexibility index (Phi) is 3.69. The number of nitrogens with two attached hydrogens (primary N) is 1. The fourth-order valence-corrected chi connectivity index (χ4v) is 2.05. The first-order valence-electron chi connectivity index (χ1n) is 6.91. The van der Waals surface area contributed by atoms with Crippen LogP contribution >= 0.6 is 0 Å². The summed E-state index contributed by atoms with van der Waals surface area (Å²) in [6.07, 6.45) is 6.04. The molecule has 5 heteroatoms. The van der Waals surface area contributed by atoms with Gasteiger partial charge in [-0.2, -0.15) is 5.10 Å². The van der Waals surface area contributed by atoms with Crippen molar-refractivity contribution in [3.8, 4) is 16.9 Å². The summed E-state index contributed by atoms with van der Waals surface area (Å²) < 4.78 is 21.1. The maximum atomic E-state index is 13.7. The van der Waals surface area contributed by atoms with E-state index in [-0.39, 0.29) is 5.82 Å². The SMILES string of the molecule is NCCn1cc(-c2ccc(F)c(OCC3CC3)c2)cn1. The van der Waals surface area contributed by atoms with Crippen molar-refractivity contribution in [3.05, 3.63) is 36.4 Å². The fraction of sp³-hybridized carbons (Fsp3) is 0.400. The molecule has 20 heavy (non-hydrogen) atoms. The zero-order chi connectivity index (χ0) is 13.9. The molecule has 2 N–H and O–H groups in total. The summed E-state index contributed by atoms with van der Waals surface area (Å²) in [5.41, 5.74) is 7.34.